The summed E-state index contributed by atoms with van der Waals surface area (Å²) in [5, 5.41) is 3.35. The van der Waals surface area contributed by atoms with E-state index in [-0.39, 0.29) is 18.0 Å². The van der Waals surface area contributed by atoms with Crippen LogP contribution in [0.2, 0.25) is 5.02 Å². The summed E-state index contributed by atoms with van der Waals surface area (Å²) in [5.41, 5.74) is 0.529. The summed E-state index contributed by atoms with van der Waals surface area (Å²) in [5.74, 6) is 0.661. The summed E-state index contributed by atoms with van der Waals surface area (Å²) in [6, 6.07) is 2.25. The Hall–Kier alpha value is -1.29. The molecular formula is C14H20ClN3O. The van der Waals surface area contributed by atoms with Crippen LogP contribution in [-0.4, -0.2) is 34.9 Å². The Kier molecular flexibility index (Phi) is 4.30. The van der Waals surface area contributed by atoms with E-state index in [9.17, 15) is 4.79 Å². The SMILES string of the molecule is CNc1cc(C(=O)N2[C@H](C)CCC[C@@H]2C)c(Cl)cn1. The van der Waals surface area contributed by atoms with E-state index in [4.69, 9.17) is 11.6 Å². The van der Waals surface area contributed by atoms with E-state index in [0.717, 1.165) is 12.8 Å². The van der Waals surface area contributed by atoms with Crippen LogP contribution in [-0.2, 0) is 0 Å². The minimum Gasteiger partial charge on any atom is -0.373 e. The number of aromatic nitrogens is 1. The van der Waals surface area contributed by atoms with Crippen LogP contribution in [0.1, 0.15) is 43.5 Å². The van der Waals surface area contributed by atoms with E-state index in [1.807, 2.05) is 4.90 Å². The number of amides is 1. The average Bonchev–Trinajstić information content (AvgIpc) is 2.39. The molecule has 19 heavy (non-hydrogen) atoms. The fraction of sp³-hybridized carbons (Fsp3) is 0.571. The summed E-state index contributed by atoms with van der Waals surface area (Å²) < 4.78 is 0. The molecule has 1 aromatic heterocycles. The van der Waals surface area contributed by atoms with Crippen molar-refractivity contribution in [3.8, 4) is 0 Å². The molecule has 2 rings (SSSR count). The van der Waals surface area contributed by atoms with Crippen molar-refractivity contribution in [1.29, 1.82) is 0 Å². The first-order valence-electron chi connectivity index (χ1n) is 6.70. The molecule has 1 aliphatic rings. The molecule has 0 bridgehead atoms. The van der Waals surface area contributed by atoms with Gasteiger partial charge < -0.3 is 10.2 Å². The Morgan fingerprint density at radius 1 is 1.42 bits per heavy atom. The molecule has 104 valence electrons. The number of nitrogens with one attached hydrogen (secondary N) is 1. The number of anilines is 1. The second-order valence-corrected chi connectivity index (χ2v) is 5.55. The molecule has 5 heteroatoms. The monoisotopic (exact) mass is 281 g/mol. The molecule has 1 fully saturated rings. The van der Waals surface area contributed by atoms with Crippen molar-refractivity contribution in [2.75, 3.05) is 12.4 Å². The minimum atomic E-state index is 0.00333. The number of hydrogen-bond donors (Lipinski definition) is 1. The zero-order valence-corrected chi connectivity index (χ0v) is 12.4. The zero-order chi connectivity index (χ0) is 14.0. The van der Waals surface area contributed by atoms with Gasteiger partial charge in [0.25, 0.3) is 5.91 Å². The maximum absolute atomic E-state index is 12.7. The standard InChI is InChI=1S/C14H20ClN3O/c1-9-5-4-6-10(2)18(9)14(19)11-7-13(16-3)17-8-12(11)15/h7-10H,4-6H2,1-3H3,(H,16,17)/t9-,10+. The van der Waals surface area contributed by atoms with E-state index >= 15 is 0 Å². The van der Waals surface area contributed by atoms with Gasteiger partial charge >= 0.3 is 0 Å². The van der Waals surface area contributed by atoms with Gasteiger partial charge in [0.1, 0.15) is 5.82 Å². The van der Waals surface area contributed by atoms with Gasteiger partial charge in [-0.1, -0.05) is 11.6 Å². The van der Waals surface area contributed by atoms with Crippen molar-refractivity contribution in [2.24, 2.45) is 0 Å². The van der Waals surface area contributed by atoms with Crippen molar-refractivity contribution < 1.29 is 4.79 Å². The highest BCUT2D eigenvalue weighted by molar-refractivity contribution is 6.33. The number of pyridine rings is 1. The molecule has 0 aromatic carbocycles. The van der Waals surface area contributed by atoms with Gasteiger partial charge in [0.15, 0.2) is 0 Å². The van der Waals surface area contributed by atoms with Crippen LogP contribution in [0.4, 0.5) is 5.82 Å². The fourth-order valence-electron chi connectivity index (χ4n) is 2.70. The third kappa shape index (κ3) is 2.84. The van der Waals surface area contributed by atoms with Gasteiger partial charge in [-0.25, -0.2) is 4.98 Å². The number of nitrogens with zero attached hydrogens (tertiary/aromatic N) is 2. The van der Waals surface area contributed by atoms with Crippen molar-refractivity contribution in [3.63, 3.8) is 0 Å². The Bertz CT molecular complexity index is 468. The number of carbonyl (C=O) groups excluding carboxylic acids is 1. The van der Waals surface area contributed by atoms with Gasteiger partial charge in [-0.05, 0) is 39.2 Å². The zero-order valence-electron chi connectivity index (χ0n) is 11.6. The summed E-state index contributed by atoms with van der Waals surface area (Å²) in [4.78, 5) is 18.8. The predicted molar refractivity (Wildman–Crippen MR) is 77.7 cm³/mol. The molecule has 2 heterocycles. The van der Waals surface area contributed by atoms with Crippen LogP contribution in [0.15, 0.2) is 12.3 Å². The Labute approximate surface area is 119 Å². The van der Waals surface area contributed by atoms with E-state index in [1.165, 1.54) is 12.6 Å². The van der Waals surface area contributed by atoms with Crippen LogP contribution in [0.3, 0.4) is 0 Å². The Morgan fingerprint density at radius 2 is 2.05 bits per heavy atom. The van der Waals surface area contributed by atoms with Crippen LogP contribution in [0, 0.1) is 0 Å². The first-order valence-corrected chi connectivity index (χ1v) is 7.08. The largest absolute Gasteiger partial charge is 0.373 e. The van der Waals surface area contributed by atoms with Gasteiger partial charge in [0.2, 0.25) is 0 Å². The van der Waals surface area contributed by atoms with Crippen LogP contribution in [0.25, 0.3) is 0 Å². The number of likely N-dealkylation sites (tertiary alicyclic amines) is 1. The summed E-state index contributed by atoms with van der Waals surface area (Å²) in [7, 11) is 1.77. The molecule has 1 saturated heterocycles. The van der Waals surface area contributed by atoms with Crippen molar-refractivity contribution in [2.45, 2.75) is 45.2 Å². The maximum atomic E-state index is 12.7. The highest BCUT2D eigenvalue weighted by atomic mass is 35.5. The molecule has 0 saturated carbocycles. The lowest BCUT2D eigenvalue weighted by atomic mass is 9.96. The number of carbonyl (C=O) groups is 1. The van der Waals surface area contributed by atoms with Crippen molar-refractivity contribution in [1.82, 2.24) is 9.88 Å². The lowest BCUT2D eigenvalue weighted by Crippen LogP contribution is -2.47. The second kappa shape index (κ2) is 5.78. The molecule has 1 amide bonds. The molecule has 0 radical (unpaired) electrons. The molecule has 0 spiro atoms. The summed E-state index contributed by atoms with van der Waals surface area (Å²) in [6.07, 6.45) is 4.81. The van der Waals surface area contributed by atoms with E-state index < -0.39 is 0 Å². The first kappa shape index (κ1) is 14.1. The van der Waals surface area contributed by atoms with E-state index in [2.05, 4.69) is 24.1 Å². The minimum absolute atomic E-state index is 0.00333. The normalized spacial score (nSPS) is 23.3. The quantitative estimate of drug-likeness (QED) is 0.905. The molecule has 0 unspecified atom stereocenters. The lowest BCUT2D eigenvalue weighted by molar-refractivity contribution is 0.0511. The van der Waals surface area contributed by atoms with Crippen LogP contribution < -0.4 is 5.32 Å². The molecule has 1 aliphatic heterocycles. The molecule has 2 atom stereocenters. The van der Waals surface area contributed by atoms with Crippen LogP contribution >= 0.6 is 11.6 Å². The van der Waals surface area contributed by atoms with Gasteiger partial charge in [-0.2, -0.15) is 0 Å². The fourth-order valence-corrected chi connectivity index (χ4v) is 2.88. The third-order valence-electron chi connectivity index (χ3n) is 3.77. The Balaban J connectivity index is 2.32. The second-order valence-electron chi connectivity index (χ2n) is 5.14. The van der Waals surface area contributed by atoms with Crippen LogP contribution in [0.5, 0.6) is 0 Å². The highest BCUT2D eigenvalue weighted by Gasteiger charge is 2.30. The average molecular weight is 282 g/mol. The lowest BCUT2D eigenvalue weighted by Gasteiger charge is -2.39. The number of halogens is 1. The third-order valence-corrected chi connectivity index (χ3v) is 4.07. The van der Waals surface area contributed by atoms with Gasteiger partial charge in [-0.15, -0.1) is 0 Å². The van der Waals surface area contributed by atoms with Gasteiger partial charge in [0.05, 0.1) is 10.6 Å². The number of hydrogen-bond acceptors (Lipinski definition) is 3. The maximum Gasteiger partial charge on any atom is 0.256 e. The smallest absolute Gasteiger partial charge is 0.256 e. The molecule has 4 nitrogen and oxygen atoms in total. The molecular weight excluding hydrogens is 262 g/mol. The first-order chi connectivity index (χ1) is 9.04. The van der Waals surface area contributed by atoms with Crippen molar-refractivity contribution in [3.05, 3.63) is 22.8 Å². The topological polar surface area (TPSA) is 45.2 Å². The van der Waals surface area contributed by atoms with E-state index in [1.54, 1.807) is 13.1 Å². The molecule has 0 aliphatic carbocycles. The van der Waals surface area contributed by atoms with Gasteiger partial charge in [-0.3, -0.25) is 4.79 Å². The summed E-state index contributed by atoms with van der Waals surface area (Å²) in [6.45, 7) is 4.20. The van der Waals surface area contributed by atoms with Gasteiger partial charge in [0, 0.05) is 25.3 Å². The summed E-state index contributed by atoms with van der Waals surface area (Å²) >= 11 is 6.12. The van der Waals surface area contributed by atoms with E-state index in [0.29, 0.717) is 16.4 Å². The Morgan fingerprint density at radius 3 is 2.63 bits per heavy atom. The number of rotatable bonds is 2. The highest BCUT2D eigenvalue weighted by Crippen LogP contribution is 2.27. The van der Waals surface area contributed by atoms with Crippen molar-refractivity contribution >= 4 is 23.3 Å². The number of piperidine rings is 1. The molecule has 1 aromatic rings. The molecule has 1 N–H and O–H groups in total. The predicted octanol–water partition coefficient (Wildman–Crippen LogP) is 3.18.